The van der Waals surface area contributed by atoms with Crippen LogP contribution in [0.4, 0.5) is 15.8 Å². The van der Waals surface area contributed by atoms with E-state index < -0.39 is 32.3 Å². The zero-order chi connectivity index (χ0) is 17.9. The van der Waals surface area contributed by atoms with Crippen molar-refractivity contribution in [3.05, 3.63) is 53.8 Å². The van der Waals surface area contributed by atoms with Gasteiger partial charge >= 0.3 is 5.97 Å². The molecule has 0 radical (unpaired) electrons. The summed E-state index contributed by atoms with van der Waals surface area (Å²) in [4.78, 5) is 21.5. The van der Waals surface area contributed by atoms with Crippen LogP contribution < -0.4 is 10.0 Å². The summed E-state index contributed by atoms with van der Waals surface area (Å²) in [6.45, 7) is 1.31. The Morgan fingerprint density at radius 1 is 1.08 bits per heavy atom. The maximum Gasteiger partial charge on any atom is 0.338 e. The van der Waals surface area contributed by atoms with Crippen molar-refractivity contribution in [3.63, 3.8) is 0 Å². The predicted molar refractivity (Wildman–Crippen MR) is 84.9 cm³/mol. The minimum Gasteiger partial charge on any atom is -0.478 e. The lowest BCUT2D eigenvalue weighted by molar-refractivity contribution is -0.114. The molecule has 126 valence electrons. The smallest absolute Gasteiger partial charge is 0.338 e. The molecule has 2 aromatic carbocycles. The van der Waals surface area contributed by atoms with Crippen LogP contribution in [0.5, 0.6) is 0 Å². The highest BCUT2D eigenvalue weighted by atomic mass is 32.2. The van der Waals surface area contributed by atoms with Crippen LogP contribution in [0.15, 0.2) is 47.4 Å². The number of carboxylic acid groups (broad SMARTS) is 1. The fourth-order valence-electron chi connectivity index (χ4n) is 1.91. The van der Waals surface area contributed by atoms with Crippen molar-refractivity contribution in [2.75, 3.05) is 10.0 Å². The second-order valence-electron chi connectivity index (χ2n) is 4.81. The summed E-state index contributed by atoms with van der Waals surface area (Å²) >= 11 is 0. The zero-order valence-corrected chi connectivity index (χ0v) is 13.2. The van der Waals surface area contributed by atoms with Crippen LogP contribution in [0, 0.1) is 5.82 Å². The minimum absolute atomic E-state index is 0.155. The molecule has 0 heterocycles. The first kappa shape index (κ1) is 17.4. The lowest BCUT2D eigenvalue weighted by Gasteiger charge is -2.10. The van der Waals surface area contributed by atoms with Crippen molar-refractivity contribution >= 4 is 33.3 Å². The van der Waals surface area contributed by atoms with Gasteiger partial charge in [0.2, 0.25) is 5.91 Å². The van der Waals surface area contributed by atoms with Crippen LogP contribution in [0.25, 0.3) is 0 Å². The first-order valence-electron chi connectivity index (χ1n) is 6.62. The Hall–Kier alpha value is -2.94. The number of rotatable bonds is 5. The second kappa shape index (κ2) is 6.67. The summed E-state index contributed by atoms with van der Waals surface area (Å²) in [6.07, 6.45) is 0. The molecule has 2 aromatic rings. The minimum atomic E-state index is -4.12. The second-order valence-corrected chi connectivity index (χ2v) is 6.50. The Bertz CT molecular complexity index is 912. The van der Waals surface area contributed by atoms with Crippen molar-refractivity contribution in [2.24, 2.45) is 0 Å². The van der Waals surface area contributed by atoms with Crippen LogP contribution in [0.3, 0.4) is 0 Å². The number of sulfonamides is 1. The molecule has 0 spiro atoms. The van der Waals surface area contributed by atoms with Gasteiger partial charge in [-0.25, -0.2) is 17.6 Å². The summed E-state index contributed by atoms with van der Waals surface area (Å²) in [7, 11) is -4.12. The van der Waals surface area contributed by atoms with Gasteiger partial charge in [0.1, 0.15) is 5.82 Å². The highest BCUT2D eigenvalue weighted by molar-refractivity contribution is 7.92. The molecule has 0 saturated carbocycles. The molecule has 0 fully saturated rings. The molecule has 9 heteroatoms. The van der Waals surface area contributed by atoms with Gasteiger partial charge in [-0.3, -0.25) is 9.52 Å². The van der Waals surface area contributed by atoms with E-state index >= 15 is 0 Å². The maximum atomic E-state index is 13.4. The van der Waals surface area contributed by atoms with Gasteiger partial charge in [0.05, 0.1) is 16.1 Å². The molecular weight excluding hydrogens is 339 g/mol. The Labute approximate surface area is 137 Å². The third-order valence-electron chi connectivity index (χ3n) is 2.91. The maximum absolute atomic E-state index is 13.4. The molecule has 0 unspecified atom stereocenters. The van der Waals surface area contributed by atoms with E-state index in [1.165, 1.54) is 25.1 Å². The number of aromatic carboxylic acids is 1. The van der Waals surface area contributed by atoms with Gasteiger partial charge in [0.25, 0.3) is 10.0 Å². The first-order chi connectivity index (χ1) is 11.2. The number of nitrogens with one attached hydrogen (secondary N) is 2. The predicted octanol–water partition coefficient (Wildman–Crippen LogP) is 2.28. The van der Waals surface area contributed by atoms with Gasteiger partial charge in [-0.2, -0.15) is 0 Å². The number of hydrogen-bond acceptors (Lipinski definition) is 4. The number of carbonyl (C=O) groups excluding carboxylic acids is 1. The SMILES string of the molecule is CC(=O)Nc1cccc(NS(=O)(=O)c2ccc(F)c(C(=O)O)c2)c1. The van der Waals surface area contributed by atoms with Gasteiger partial charge in [-0.1, -0.05) is 6.07 Å². The average molecular weight is 352 g/mol. The normalized spacial score (nSPS) is 10.9. The summed E-state index contributed by atoms with van der Waals surface area (Å²) in [6, 6.07) is 8.40. The zero-order valence-electron chi connectivity index (χ0n) is 12.4. The fourth-order valence-corrected chi connectivity index (χ4v) is 2.99. The molecule has 0 aliphatic heterocycles. The summed E-state index contributed by atoms with van der Waals surface area (Å²) in [5, 5.41) is 11.4. The highest BCUT2D eigenvalue weighted by Crippen LogP contribution is 2.21. The molecule has 0 saturated heterocycles. The Balaban J connectivity index is 2.34. The van der Waals surface area contributed by atoms with Crippen molar-refractivity contribution in [3.8, 4) is 0 Å². The van der Waals surface area contributed by atoms with E-state index in [-0.39, 0.29) is 11.6 Å². The van der Waals surface area contributed by atoms with Crippen LogP contribution in [0.2, 0.25) is 0 Å². The summed E-state index contributed by atoms with van der Waals surface area (Å²) < 4.78 is 40.2. The Kier molecular flexibility index (Phi) is 4.84. The van der Waals surface area contributed by atoms with Crippen LogP contribution in [-0.2, 0) is 14.8 Å². The van der Waals surface area contributed by atoms with E-state index in [1.807, 2.05) is 0 Å². The monoisotopic (exact) mass is 352 g/mol. The van der Waals surface area contributed by atoms with Crippen LogP contribution >= 0.6 is 0 Å². The molecule has 0 atom stereocenters. The quantitative estimate of drug-likeness (QED) is 0.764. The van der Waals surface area contributed by atoms with E-state index in [2.05, 4.69) is 10.0 Å². The first-order valence-corrected chi connectivity index (χ1v) is 8.10. The van der Waals surface area contributed by atoms with Crippen molar-refractivity contribution in [1.29, 1.82) is 0 Å². The van der Waals surface area contributed by atoms with E-state index in [1.54, 1.807) is 6.07 Å². The summed E-state index contributed by atoms with van der Waals surface area (Å²) in [5.74, 6) is -2.93. The molecule has 2 rings (SSSR count). The molecule has 3 N–H and O–H groups in total. The summed E-state index contributed by atoms with van der Waals surface area (Å²) in [5.41, 5.74) is -0.208. The lowest BCUT2D eigenvalue weighted by atomic mass is 10.2. The molecule has 0 bridgehead atoms. The van der Waals surface area contributed by atoms with Crippen molar-refractivity contribution in [1.82, 2.24) is 0 Å². The number of halogens is 1. The molecule has 0 aromatic heterocycles. The average Bonchev–Trinajstić information content (AvgIpc) is 2.46. The van der Waals surface area contributed by atoms with Crippen molar-refractivity contribution in [2.45, 2.75) is 11.8 Å². The number of carbonyl (C=O) groups is 2. The van der Waals surface area contributed by atoms with E-state index in [9.17, 15) is 22.4 Å². The van der Waals surface area contributed by atoms with Crippen LogP contribution in [-0.4, -0.2) is 25.4 Å². The van der Waals surface area contributed by atoms with Gasteiger partial charge in [0, 0.05) is 12.6 Å². The largest absolute Gasteiger partial charge is 0.478 e. The molecule has 0 aliphatic rings. The van der Waals surface area contributed by atoms with E-state index in [4.69, 9.17) is 5.11 Å². The number of hydrogen-bond donors (Lipinski definition) is 3. The molecule has 7 nitrogen and oxygen atoms in total. The third kappa shape index (κ3) is 4.07. The third-order valence-corrected chi connectivity index (χ3v) is 4.29. The number of benzene rings is 2. The standard InChI is InChI=1S/C15H13FN2O5S/c1-9(19)17-10-3-2-4-11(7-10)18-24(22,23)12-5-6-14(16)13(8-12)15(20)21/h2-8,18H,1H3,(H,17,19)(H,20,21). The van der Waals surface area contributed by atoms with Gasteiger partial charge in [0.15, 0.2) is 0 Å². The van der Waals surface area contributed by atoms with Crippen molar-refractivity contribution < 1.29 is 27.5 Å². The number of anilines is 2. The number of carboxylic acids is 1. The fraction of sp³-hybridized carbons (Fsp3) is 0.0667. The Morgan fingerprint density at radius 3 is 2.38 bits per heavy atom. The molecular formula is C15H13FN2O5S. The molecule has 24 heavy (non-hydrogen) atoms. The van der Waals surface area contributed by atoms with Gasteiger partial charge in [-0.05, 0) is 36.4 Å². The topological polar surface area (TPSA) is 113 Å². The molecule has 1 amide bonds. The van der Waals surface area contributed by atoms with E-state index in [0.29, 0.717) is 5.69 Å². The van der Waals surface area contributed by atoms with E-state index in [0.717, 1.165) is 18.2 Å². The molecule has 0 aliphatic carbocycles. The Morgan fingerprint density at radius 2 is 1.75 bits per heavy atom. The highest BCUT2D eigenvalue weighted by Gasteiger charge is 2.19. The van der Waals surface area contributed by atoms with Crippen LogP contribution in [0.1, 0.15) is 17.3 Å². The number of amides is 1. The van der Waals surface area contributed by atoms with Gasteiger partial charge < -0.3 is 10.4 Å². The van der Waals surface area contributed by atoms with Gasteiger partial charge in [-0.15, -0.1) is 0 Å². The lowest BCUT2D eigenvalue weighted by Crippen LogP contribution is -2.15.